The van der Waals surface area contributed by atoms with Gasteiger partial charge in [-0.3, -0.25) is 4.98 Å². The van der Waals surface area contributed by atoms with Crippen LogP contribution in [0.5, 0.6) is 0 Å². The Morgan fingerprint density at radius 1 is 1.20 bits per heavy atom. The fraction of sp³-hybridized carbons (Fsp3) is 0.348. The van der Waals surface area contributed by atoms with Gasteiger partial charge < -0.3 is 20.4 Å². The van der Waals surface area contributed by atoms with Crippen LogP contribution in [0.3, 0.4) is 0 Å². The van der Waals surface area contributed by atoms with Crippen molar-refractivity contribution in [3.05, 3.63) is 60.3 Å². The Balaban J connectivity index is 0.000000275. The summed E-state index contributed by atoms with van der Waals surface area (Å²) in [4.78, 5) is 26.3. The quantitative estimate of drug-likeness (QED) is 0.667. The summed E-state index contributed by atoms with van der Waals surface area (Å²) in [7, 11) is 0. The summed E-state index contributed by atoms with van der Waals surface area (Å²) in [6.07, 6.45) is 4.44. The molecule has 2 atom stereocenters. The van der Waals surface area contributed by atoms with Crippen molar-refractivity contribution in [3.63, 3.8) is 0 Å². The topological polar surface area (TPSA) is 103 Å². The van der Waals surface area contributed by atoms with Gasteiger partial charge in [0.2, 0.25) is 0 Å². The van der Waals surface area contributed by atoms with E-state index in [-0.39, 0.29) is 5.54 Å². The smallest absolute Gasteiger partial charge is 0.328 e. The molecule has 0 aliphatic carbocycles. The molecule has 3 heterocycles. The van der Waals surface area contributed by atoms with E-state index in [1.165, 1.54) is 29.8 Å². The Morgan fingerprint density at radius 3 is 2.50 bits per heavy atom. The number of aryl methyl sites for hydroxylation is 1. The second-order valence-corrected chi connectivity index (χ2v) is 7.99. The number of aliphatic carboxylic acids is 2. The summed E-state index contributed by atoms with van der Waals surface area (Å²) in [6.45, 7) is 7.88. The minimum atomic E-state index is -1.26. The maximum atomic E-state index is 9.55. The highest BCUT2D eigenvalue weighted by Crippen LogP contribution is 2.36. The van der Waals surface area contributed by atoms with E-state index in [0.29, 0.717) is 12.2 Å². The lowest BCUT2D eigenvalue weighted by Gasteiger charge is -2.24. The molecule has 1 aromatic carbocycles. The van der Waals surface area contributed by atoms with E-state index in [2.05, 4.69) is 65.4 Å². The monoisotopic (exact) mass is 409 g/mol. The molecule has 2 aliphatic rings. The predicted molar refractivity (Wildman–Crippen MR) is 116 cm³/mol. The largest absolute Gasteiger partial charge is 0.478 e. The van der Waals surface area contributed by atoms with Gasteiger partial charge >= 0.3 is 11.9 Å². The first kappa shape index (κ1) is 21.5. The van der Waals surface area contributed by atoms with Crippen molar-refractivity contribution in [2.24, 2.45) is 5.92 Å². The third-order valence-electron chi connectivity index (χ3n) is 5.68. The van der Waals surface area contributed by atoms with Gasteiger partial charge in [0.05, 0.1) is 17.6 Å². The molecule has 0 radical (unpaired) electrons. The Hall–Kier alpha value is -3.19. The highest BCUT2D eigenvalue weighted by atomic mass is 16.4. The Morgan fingerprint density at radius 2 is 1.93 bits per heavy atom. The molecule has 30 heavy (non-hydrogen) atoms. The van der Waals surface area contributed by atoms with E-state index in [1.54, 1.807) is 0 Å². The predicted octanol–water partition coefficient (Wildman–Crippen LogP) is 2.96. The second kappa shape index (κ2) is 9.09. The lowest BCUT2D eigenvalue weighted by Crippen LogP contribution is -2.43. The number of rotatable bonds is 4. The first-order valence-corrected chi connectivity index (χ1v) is 9.94. The van der Waals surface area contributed by atoms with Crippen molar-refractivity contribution < 1.29 is 19.8 Å². The number of carbonyl (C=O) groups is 2. The molecule has 0 bridgehead atoms. The van der Waals surface area contributed by atoms with Crippen molar-refractivity contribution in [1.82, 2.24) is 10.3 Å². The standard InChI is InChI=1S/C19H23N3.C4H4O4/c1-14-4-3-5-15(10-14)18-7-6-17(11-20-18)22-12-16-8-9-21-19(16,2)13-22;5-3(6)1-2-4(7)8/h3-7,10-11,16,21H,8-9,12-13H2,1-2H3;1-2H,(H,5,6)(H,7,8). The summed E-state index contributed by atoms with van der Waals surface area (Å²) in [5, 5.41) is 19.3. The fourth-order valence-electron chi connectivity index (χ4n) is 4.09. The maximum absolute atomic E-state index is 9.55. The van der Waals surface area contributed by atoms with Crippen LogP contribution in [0.25, 0.3) is 11.3 Å². The number of carboxylic acid groups (broad SMARTS) is 2. The molecule has 7 heteroatoms. The van der Waals surface area contributed by atoms with Crippen LogP contribution in [-0.4, -0.2) is 52.3 Å². The van der Waals surface area contributed by atoms with Gasteiger partial charge in [0.25, 0.3) is 0 Å². The minimum Gasteiger partial charge on any atom is -0.478 e. The fourth-order valence-corrected chi connectivity index (χ4v) is 4.09. The zero-order valence-corrected chi connectivity index (χ0v) is 17.2. The molecule has 1 aromatic heterocycles. The summed E-state index contributed by atoms with van der Waals surface area (Å²) in [6, 6.07) is 12.9. The molecule has 3 N–H and O–H groups in total. The number of hydrogen-bond acceptors (Lipinski definition) is 5. The zero-order valence-electron chi connectivity index (χ0n) is 17.2. The van der Waals surface area contributed by atoms with Crippen LogP contribution < -0.4 is 10.2 Å². The molecular formula is C23H27N3O4. The number of nitrogens with zero attached hydrogens (tertiary/aromatic N) is 2. The van der Waals surface area contributed by atoms with Gasteiger partial charge in [0.1, 0.15) is 0 Å². The van der Waals surface area contributed by atoms with Crippen LogP contribution in [0, 0.1) is 12.8 Å². The maximum Gasteiger partial charge on any atom is 0.328 e. The Bertz CT molecular complexity index is 926. The average Bonchev–Trinajstić information content (AvgIpc) is 3.22. The zero-order chi connectivity index (χ0) is 21.7. The summed E-state index contributed by atoms with van der Waals surface area (Å²) in [5.41, 5.74) is 5.05. The van der Waals surface area contributed by atoms with Crippen LogP contribution >= 0.6 is 0 Å². The van der Waals surface area contributed by atoms with E-state index in [0.717, 1.165) is 24.7 Å². The van der Waals surface area contributed by atoms with E-state index in [1.807, 2.05) is 6.20 Å². The van der Waals surface area contributed by atoms with Crippen molar-refractivity contribution in [1.29, 1.82) is 0 Å². The highest BCUT2D eigenvalue weighted by Gasteiger charge is 2.45. The summed E-state index contributed by atoms with van der Waals surface area (Å²) < 4.78 is 0. The lowest BCUT2D eigenvalue weighted by molar-refractivity contribution is -0.134. The number of pyridine rings is 1. The van der Waals surface area contributed by atoms with Crippen molar-refractivity contribution >= 4 is 17.6 Å². The first-order chi connectivity index (χ1) is 14.3. The number of nitrogens with one attached hydrogen (secondary N) is 1. The van der Waals surface area contributed by atoms with Crippen molar-refractivity contribution in [2.75, 3.05) is 24.5 Å². The molecule has 0 amide bonds. The summed E-state index contributed by atoms with van der Waals surface area (Å²) >= 11 is 0. The van der Waals surface area contributed by atoms with Gasteiger partial charge in [0.15, 0.2) is 0 Å². The molecular weight excluding hydrogens is 382 g/mol. The van der Waals surface area contributed by atoms with Gasteiger partial charge in [-0.25, -0.2) is 9.59 Å². The van der Waals surface area contributed by atoms with E-state index in [4.69, 9.17) is 10.2 Å². The molecule has 158 valence electrons. The number of hydrogen-bond donors (Lipinski definition) is 3. The molecule has 2 fully saturated rings. The van der Waals surface area contributed by atoms with Crippen molar-refractivity contribution in [2.45, 2.75) is 25.8 Å². The normalized spacial score (nSPS) is 22.5. The summed E-state index contributed by atoms with van der Waals surface area (Å²) in [5.74, 6) is -1.75. The SMILES string of the molecule is Cc1cccc(-c2ccc(N3CC4CCNC4(C)C3)cn2)c1.O=C(O)C=CC(=O)O. The first-order valence-electron chi connectivity index (χ1n) is 9.94. The lowest BCUT2D eigenvalue weighted by atomic mass is 9.91. The van der Waals surface area contributed by atoms with Gasteiger partial charge in [-0.15, -0.1) is 0 Å². The molecule has 2 aromatic rings. The number of anilines is 1. The van der Waals surface area contributed by atoms with Gasteiger partial charge in [0, 0.05) is 36.3 Å². The van der Waals surface area contributed by atoms with Crippen molar-refractivity contribution in [3.8, 4) is 11.3 Å². The number of benzene rings is 1. The minimum absolute atomic E-state index is 0.287. The van der Waals surface area contributed by atoms with Crippen LogP contribution in [0.1, 0.15) is 18.9 Å². The van der Waals surface area contributed by atoms with Gasteiger partial charge in [-0.05, 0) is 50.9 Å². The van der Waals surface area contributed by atoms with Crippen LogP contribution in [-0.2, 0) is 9.59 Å². The number of aromatic nitrogens is 1. The molecule has 4 rings (SSSR count). The van der Waals surface area contributed by atoms with Crippen LogP contribution in [0.4, 0.5) is 5.69 Å². The molecule has 0 spiro atoms. The average molecular weight is 409 g/mol. The molecule has 0 saturated carbocycles. The molecule has 2 saturated heterocycles. The van der Waals surface area contributed by atoms with Gasteiger partial charge in [-0.1, -0.05) is 23.8 Å². The molecule has 2 aliphatic heterocycles. The highest BCUT2D eigenvalue weighted by molar-refractivity contribution is 5.89. The van der Waals surface area contributed by atoms with Crippen LogP contribution in [0.15, 0.2) is 54.7 Å². The van der Waals surface area contributed by atoms with E-state index >= 15 is 0 Å². The number of fused-ring (bicyclic) bond motifs is 1. The van der Waals surface area contributed by atoms with Crippen LogP contribution in [0.2, 0.25) is 0 Å². The number of carboxylic acids is 2. The van der Waals surface area contributed by atoms with E-state index in [9.17, 15) is 9.59 Å². The Kier molecular flexibility index (Phi) is 6.52. The third kappa shape index (κ3) is 5.24. The third-order valence-corrected chi connectivity index (χ3v) is 5.68. The molecule has 2 unspecified atom stereocenters. The van der Waals surface area contributed by atoms with E-state index < -0.39 is 11.9 Å². The second-order valence-electron chi connectivity index (χ2n) is 7.99. The Labute approximate surface area is 176 Å². The molecule has 7 nitrogen and oxygen atoms in total. The van der Waals surface area contributed by atoms with Gasteiger partial charge in [-0.2, -0.15) is 0 Å².